The molecular weight excluding hydrogens is 574 g/mol. The molecule has 3 heterocycles. The maximum Gasteiger partial charge on any atom is 0.327 e. The van der Waals surface area contributed by atoms with Crippen molar-refractivity contribution >= 4 is 27.9 Å². The Hall–Kier alpha value is -0.700. The van der Waals surface area contributed by atoms with Crippen LogP contribution >= 0.6 is 15.9 Å². The van der Waals surface area contributed by atoms with Gasteiger partial charge < -0.3 is 18.9 Å². The molecule has 6 fully saturated rings. The van der Waals surface area contributed by atoms with Crippen molar-refractivity contribution in [2.75, 3.05) is 13.1 Å². The van der Waals surface area contributed by atoms with Crippen molar-refractivity contribution in [1.29, 1.82) is 0 Å². The smallest absolute Gasteiger partial charge is 0.327 e. The monoisotopic (exact) mass is 623 g/mol. The lowest BCUT2D eigenvalue weighted by Gasteiger charge is -2.40. The molecule has 7 nitrogen and oxygen atoms in total. The molecule has 0 aromatic heterocycles. The van der Waals surface area contributed by atoms with Gasteiger partial charge in [0.25, 0.3) is 0 Å². The summed E-state index contributed by atoms with van der Waals surface area (Å²) < 4.78 is 24.6. The third-order valence-corrected chi connectivity index (χ3v) is 13.1. The second kappa shape index (κ2) is 10.8. The van der Waals surface area contributed by atoms with Gasteiger partial charge in [0.05, 0.1) is 24.2 Å². The molecule has 3 saturated carbocycles. The van der Waals surface area contributed by atoms with E-state index in [9.17, 15) is 9.59 Å². The molecule has 0 unspecified atom stereocenters. The van der Waals surface area contributed by atoms with E-state index < -0.39 is 28.2 Å². The van der Waals surface area contributed by atoms with Crippen LogP contribution in [0.3, 0.4) is 0 Å². The number of esters is 2. The fourth-order valence-electron chi connectivity index (χ4n) is 9.30. The molecule has 6 aliphatic rings. The summed E-state index contributed by atoms with van der Waals surface area (Å²) in [5, 5.41) is 0. The zero-order valence-electron chi connectivity index (χ0n) is 25.3. The Bertz CT molecular complexity index is 984. The number of hydrogen-bond donors (Lipinski definition) is 0. The van der Waals surface area contributed by atoms with E-state index in [1.807, 2.05) is 0 Å². The summed E-state index contributed by atoms with van der Waals surface area (Å²) in [7, 11) is 0. The molecule has 12 atom stereocenters. The van der Waals surface area contributed by atoms with E-state index in [-0.39, 0.29) is 30.2 Å². The fourth-order valence-corrected chi connectivity index (χ4v) is 10.5. The topological polar surface area (TPSA) is 74.3 Å². The van der Waals surface area contributed by atoms with E-state index in [1.165, 1.54) is 12.8 Å². The van der Waals surface area contributed by atoms with Gasteiger partial charge in [-0.05, 0) is 87.1 Å². The second-order valence-electron chi connectivity index (χ2n) is 14.8. The number of ether oxygens (including phenoxy) is 4. The zero-order chi connectivity index (χ0) is 28.6. The Morgan fingerprint density at radius 1 is 0.800 bits per heavy atom. The number of carbonyl (C=O) groups is 2. The minimum atomic E-state index is -1.13. The van der Waals surface area contributed by atoms with Crippen LogP contribution in [-0.4, -0.2) is 65.1 Å². The Kier molecular flexibility index (Phi) is 7.92. The quantitative estimate of drug-likeness (QED) is 0.257. The van der Waals surface area contributed by atoms with Gasteiger partial charge >= 0.3 is 11.9 Å². The number of hydrogen-bond acceptors (Lipinski definition) is 7. The Labute approximate surface area is 248 Å². The normalized spacial score (nSPS) is 49.1. The number of rotatable bonds is 7. The van der Waals surface area contributed by atoms with Gasteiger partial charge in [0.2, 0.25) is 12.6 Å². The SMILES string of the molecule is CC(C)[C@@H]1CC[C@@H](C)C[C@H]1O[C@@H]1OC(=O)[C@]2([C@H]1N1CCCC1)[C@H]1[C@H](O[C@@H]3C[C@H](C)CC[C@H]3C(C)C)OC(=O)[C@]12Br. The molecule has 1 spiro atoms. The summed E-state index contributed by atoms with van der Waals surface area (Å²) in [4.78, 5) is 30.0. The van der Waals surface area contributed by atoms with Crippen LogP contribution in [0.5, 0.6) is 0 Å². The van der Waals surface area contributed by atoms with Gasteiger partial charge in [0, 0.05) is 0 Å². The van der Waals surface area contributed by atoms with Crippen LogP contribution in [0.2, 0.25) is 0 Å². The minimum Gasteiger partial charge on any atom is -0.434 e. The molecule has 3 saturated heterocycles. The molecule has 226 valence electrons. The van der Waals surface area contributed by atoms with Gasteiger partial charge in [-0.1, -0.05) is 70.3 Å². The van der Waals surface area contributed by atoms with Crippen molar-refractivity contribution in [1.82, 2.24) is 4.90 Å². The molecule has 0 aromatic rings. The molecular formula is C32H50BrNO6. The van der Waals surface area contributed by atoms with Crippen LogP contribution in [-0.2, 0) is 28.5 Å². The number of alkyl halides is 1. The van der Waals surface area contributed by atoms with Crippen LogP contribution in [0.25, 0.3) is 0 Å². The third kappa shape index (κ3) is 4.43. The average Bonchev–Trinajstić information content (AvgIpc) is 3.24. The van der Waals surface area contributed by atoms with Gasteiger partial charge in [-0.15, -0.1) is 0 Å². The van der Waals surface area contributed by atoms with E-state index in [2.05, 4.69) is 62.4 Å². The first-order valence-electron chi connectivity index (χ1n) is 16.2. The third-order valence-electron chi connectivity index (χ3n) is 11.6. The maximum atomic E-state index is 14.1. The maximum absolute atomic E-state index is 14.1. The number of fused-ring (bicyclic) bond motifs is 3. The van der Waals surface area contributed by atoms with E-state index in [1.54, 1.807) is 0 Å². The van der Waals surface area contributed by atoms with Crippen LogP contribution < -0.4 is 0 Å². The molecule has 0 bridgehead atoms. The Balaban J connectivity index is 1.30. The molecule has 6 rings (SSSR count). The summed E-state index contributed by atoms with van der Waals surface area (Å²) in [6, 6.07) is -0.331. The summed E-state index contributed by atoms with van der Waals surface area (Å²) in [6.45, 7) is 15.4. The second-order valence-corrected chi connectivity index (χ2v) is 16.0. The molecule has 40 heavy (non-hydrogen) atoms. The molecule has 8 heteroatoms. The van der Waals surface area contributed by atoms with Gasteiger partial charge in [0.1, 0.15) is 5.41 Å². The molecule has 0 N–H and O–H groups in total. The van der Waals surface area contributed by atoms with Crippen LogP contribution in [0.4, 0.5) is 0 Å². The van der Waals surface area contributed by atoms with Crippen molar-refractivity contribution < 1.29 is 28.5 Å². The van der Waals surface area contributed by atoms with Crippen LogP contribution in [0, 0.1) is 46.8 Å². The van der Waals surface area contributed by atoms with Gasteiger partial charge in [-0.3, -0.25) is 14.5 Å². The lowest BCUT2D eigenvalue weighted by Crippen LogP contribution is -2.52. The predicted octanol–water partition coefficient (Wildman–Crippen LogP) is 5.92. The lowest BCUT2D eigenvalue weighted by atomic mass is 9.75. The van der Waals surface area contributed by atoms with E-state index in [0.717, 1.165) is 51.6 Å². The highest BCUT2D eigenvalue weighted by Gasteiger charge is 2.96. The Morgan fingerprint density at radius 3 is 1.82 bits per heavy atom. The molecule has 3 aliphatic heterocycles. The number of cyclic esters (lactones) is 2. The number of likely N-dealkylation sites (tertiary alicyclic amines) is 1. The highest BCUT2D eigenvalue weighted by Crippen LogP contribution is 2.78. The predicted molar refractivity (Wildman–Crippen MR) is 154 cm³/mol. The van der Waals surface area contributed by atoms with Crippen molar-refractivity contribution in [3.8, 4) is 0 Å². The number of halogens is 1. The first-order valence-corrected chi connectivity index (χ1v) is 16.9. The van der Waals surface area contributed by atoms with Crippen LogP contribution in [0.1, 0.15) is 92.9 Å². The van der Waals surface area contributed by atoms with E-state index in [4.69, 9.17) is 18.9 Å². The molecule has 0 radical (unpaired) electrons. The largest absolute Gasteiger partial charge is 0.434 e. The molecule has 0 amide bonds. The standard InChI is InChI=1S/C32H50BrNO6/c1-17(2)21-11-9-19(5)15-23(21)37-27-25-31(32(25,33)30(36)39-27)26(34-13-7-8-14-34)28(40-29(31)35)38-24-16-20(6)10-12-22(24)18(3)4/h17-28H,7-16H2,1-6H3/t19-,20-,21+,22+,23-,24-,25-,26+,27-,28-,31-,32-/m1/s1. The summed E-state index contributed by atoms with van der Waals surface area (Å²) >= 11 is 3.81. The zero-order valence-corrected chi connectivity index (χ0v) is 26.9. The number of nitrogens with zero attached hydrogens (tertiary/aromatic N) is 1. The molecule has 0 aromatic carbocycles. The fraction of sp³-hybridized carbons (Fsp3) is 0.938. The van der Waals surface area contributed by atoms with E-state index >= 15 is 0 Å². The van der Waals surface area contributed by atoms with Gasteiger partial charge in [0.15, 0.2) is 4.32 Å². The summed E-state index contributed by atoms with van der Waals surface area (Å²) in [5.41, 5.74) is -1.05. The van der Waals surface area contributed by atoms with Gasteiger partial charge in [-0.2, -0.15) is 0 Å². The van der Waals surface area contributed by atoms with Crippen LogP contribution in [0.15, 0.2) is 0 Å². The Morgan fingerprint density at radius 2 is 1.30 bits per heavy atom. The lowest BCUT2D eigenvalue weighted by molar-refractivity contribution is -0.205. The summed E-state index contributed by atoms with van der Waals surface area (Å²) in [5.74, 6) is 1.84. The first kappa shape index (κ1) is 29.4. The minimum absolute atomic E-state index is 0.0132. The van der Waals surface area contributed by atoms with Crippen molar-refractivity contribution in [2.24, 2.45) is 46.8 Å². The average molecular weight is 625 g/mol. The van der Waals surface area contributed by atoms with Crippen molar-refractivity contribution in [3.05, 3.63) is 0 Å². The highest BCUT2D eigenvalue weighted by atomic mass is 79.9. The first-order chi connectivity index (χ1) is 19.0. The molecule has 3 aliphatic carbocycles. The summed E-state index contributed by atoms with van der Waals surface area (Å²) in [6.07, 6.45) is 7.35. The number of carbonyl (C=O) groups excluding carboxylic acids is 2. The highest BCUT2D eigenvalue weighted by molar-refractivity contribution is 9.10. The van der Waals surface area contributed by atoms with Crippen molar-refractivity contribution in [2.45, 2.75) is 128 Å². The van der Waals surface area contributed by atoms with Gasteiger partial charge in [-0.25, -0.2) is 0 Å². The van der Waals surface area contributed by atoms with E-state index in [0.29, 0.717) is 35.5 Å². The van der Waals surface area contributed by atoms with Crippen molar-refractivity contribution in [3.63, 3.8) is 0 Å².